The molecule has 1 aromatic heterocycles. The molecule has 0 N–H and O–H groups in total. The molecule has 1 aliphatic heterocycles. The molecule has 2 heterocycles. The minimum atomic E-state index is 0.000691. The number of hydrogen-bond donors (Lipinski definition) is 0. The Morgan fingerprint density at radius 2 is 1.96 bits per heavy atom. The molecule has 26 heavy (non-hydrogen) atoms. The Balaban J connectivity index is 1.73. The minimum absolute atomic E-state index is 0.000691. The third-order valence-electron chi connectivity index (χ3n) is 6.04. The van der Waals surface area contributed by atoms with Crippen molar-refractivity contribution in [2.45, 2.75) is 72.1 Å². The van der Waals surface area contributed by atoms with Crippen LogP contribution in [0.5, 0.6) is 0 Å². The van der Waals surface area contributed by atoms with Crippen LogP contribution in [0.2, 0.25) is 0 Å². The molecular weight excluding hydrogens is 328 g/mol. The molecule has 0 unspecified atom stereocenters. The molecule has 0 spiro atoms. The molecule has 6 nitrogen and oxygen atoms in total. The molecule has 0 radical (unpaired) electrons. The topological polar surface area (TPSA) is 58.4 Å². The number of hydrogen-bond acceptors (Lipinski definition) is 4. The van der Waals surface area contributed by atoms with Gasteiger partial charge in [0.15, 0.2) is 0 Å². The average Bonchev–Trinajstić information content (AvgIpc) is 2.61. The molecule has 1 fully saturated rings. The summed E-state index contributed by atoms with van der Waals surface area (Å²) in [6.45, 7) is 8.78. The van der Waals surface area contributed by atoms with Crippen LogP contribution < -0.4 is 5.56 Å². The lowest BCUT2D eigenvalue weighted by Crippen LogP contribution is -2.45. The first kappa shape index (κ1) is 19.1. The van der Waals surface area contributed by atoms with E-state index in [9.17, 15) is 9.59 Å². The molecule has 0 bridgehead atoms. The maximum absolute atomic E-state index is 12.9. The monoisotopic (exact) mass is 360 g/mol. The number of carbonyl (C=O) groups is 1. The lowest BCUT2D eigenvalue weighted by molar-refractivity contribution is -0.138. The van der Waals surface area contributed by atoms with E-state index in [1.54, 1.807) is 10.6 Å². The number of aromatic nitrogens is 2. The van der Waals surface area contributed by atoms with E-state index in [2.05, 4.69) is 25.7 Å². The van der Waals surface area contributed by atoms with Gasteiger partial charge in [-0.1, -0.05) is 6.92 Å². The standard InChI is InChI=1S/C20H32N4O2/c1-14(2)22(4)12-17-11-19(25)24-10-9-23(13-18(24)21-17)20(26)16-7-5-15(3)6-8-16/h11,14-16H,5-10,12-13H2,1-4H3. The summed E-state index contributed by atoms with van der Waals surface area (Å²) >= 11 is 0. The van der Waals surface area contributed by atoms with Crippen LogP contribution in [0.1, 0.15) is 58.0 Å². The predicted octanol–water partition coefficient (Wildman–Crippen LogP) is 2.25. The largest absolute Gasteiger partial charge is 0.333 e. The molecule has 6 heteroatoms. The fraction of sp³-hybridized carbons (Fsp3) is 0.750. The molecule has 0 atom stereocenters. The van der Waals surface area contributed by atoms with Gasteiger partial charge in [-0.3, -0.25) is 19.1 Å². The zero-order valence-corrected chi connectivity index (χ0v) is 16.6. The number of nitrogens with zero attached hydrogens (tertiary/aromatic N) is 4. The summed E-state index contributed by atoms with van der Waals surface area (Å²) in [4.78, 5) is 34.1. The summed E-state index contributed by atoms with van der Waals surface area (Å²) in [7, 11) is 2.03. The summed E-state index contributed by atoms with van der Waals surface area (Å²) in [6, 6.07) is 2.03. The minimum Gasteiger partial charge on any atom is -0.333 e. The van der Waals surface area contributed by atoms with Crippen molar-refractivity contribution >= 4 is 5.91 Å². The van der Waals surface area contributed by atoms with Crippen molar-refractivity contribution in [2.24, 2.45) is 11.8 Å². The normalized spacial score (nSPS) is 23.4. The van der Waals surface area contributed by atoms with Crippen LogP contribution in [-0.2, 0) is 24.4 Å². The highest BCUT2D eigenvalue weighted by Crippen LogP contribution is 2.30. The Morgan fingerprint density at radius 1 is 1.27 bits per heavy atom. The second kappa shape index (κ2) is 7.91. The Labute approximate surface area is 156 Å². The van der Waals surface area contributed by atoms with Crippen LogP contribution in [-0.4, -0.2) is 44.9 Å². The van der Waals surface area contributed by atoms with Crippen LogP contribution in [0, 0.1) is 11.8 Å². The fourth-order valence-corrected chi connectivity index (χ4v) is 3.91. The average molecular weight is 361 g/mol. The lowest BCUT2D eigenvalue weighted by atomic mass is 9.82. The second-order valence-electron chi connectivity index (χ2n) is 8.38. The molecule has 2 aliphatic rings. The third kappa shape index (κ3) is 4.17. The highest BCUT2D eigenvalue weighted by atomic mass is 16.2. The maximum atomic E-state index is 12.9. The summed E-state index contributed by atoms with van der Waals surface area (Å²) in [5.74, 6) is 1.87. The van der Waals surface area contributed by atoms with Crippen molar-refractivity contribution in [2.75, 3.05) is 13.6 Å². The highest BCUT2D eigenvalue weighted by Gasteiger charge is 2.30. The first-order valence-electron chi connectivity index (χ1n) is 9.93. The van der Waals surface area contributed by atoms with E-state index in [1.165, 1.54) is 0 Å². The van der Waals surface area contributed by atoms with E-state index >= 15 is 0 Å². The van der Waals surface area contributed by atoms with Gasteiger partial charge in [-0.2, -0.15) is 0 Å². The zero-order chi connectivity index (χ0) is 18.8. The second-order valence-corrected chi connectivity index (χ2v) is 8.38. The summed E-state index contributed by atoms with van der Waals surface area (Å²) in [6.07, 6.45) is 4.28. The summed E-state index contributed by atoms with van der Waals surface area (Å²) in [5, 5.41) is 0. The van der Waals surface area contributed by atoms with Gasteiger partial charge < -0.3 is 4.90 Å². The van der Waals surface area contributed by atoms with Crippen molar-refractivity contribution in [1.82, 2.24) is 19.4 Å². The van der Waals surface area contributed by atoms with Gasteiger partial charge in [0.25, 0.3) is 5.56 Å². The Morgan fingerprint density at radius 3 is 2.62 bits per heavy atom. The Hall–Kier alpha value is -1.69. The smallest absolute Gasteiger partial charge is 0.253 e. The van der Waals surface area contributed by atoms with Gasteiger partial charge in [-0.15, -0.1) is 0 Å². The first-order valence-corrected chi connectivity index (χ1v) is 9.93. The van der Waals surface area contributed by atoms with E-state index in [0.717, 1.165) is 43.1 Å². The number of amides is 1. The van der Waals surface area contributed by atoms with E-state index in [-0.39, 0.29) is 17.4 Å². The maximum Gasteiger partial charge on any atom is 0.253 e. The Bertz CT molecular complexity index is 704. The van der Waals surface area contributed by atoms with E-state index in [4.69, 9.17) is 4.98 Å². The molecule has 1 amide bonds. The van der Waals surface area contributed by atoms with Crippen LogP contribution >= 0.6 is 0 Å². The molecule has 144 valence electrons. The van der Waals surface area contributed by atoms with Gasteiger partial charge in [0.1, 0.15) is 5.82 Å². The van der Waals surface area contributed by atoms with E-state index in [1.807, 2.05) is 11.9 Å². The molecule has 3 rings (SSSR count). The molecule has 0 aromatic carbocycles. The van der Waals surface area contributed by atoms with E-state index in [0.29, 0.717) is 32.2 Å². The van der Waals surface area contributed by atoms with Crippen LogP contribution in [0.4, 0.5) is 0 Å². The van der Waals surface area contributed by atoms with Crippen molar-refractivity contribution in [1.29, 1.82) is 0 Å². The van der Waals surface area contributed by atoms with Crippen molar-refractivity contribution in [3.63, 3.8) is 0 Å². The van der Waals surface area contributed by atoms with Gasteiger partial charge in [0.2, 0.25) is 5.91 Å². The van der Waals surface area contributed by atoms with Crippen LogP contribution in [0.25, 0.3) is 0 Å². The van der Waals surface area contributed by atoms with Crippen molar-refractivity contribution < 1.29 is 4.79 Å². The molecule has 0 saturated heterocycles. The van der Waals surface area contributed by atoms with Crippen molar-refractivity contribution in [3.8, 4) is 0 Å². The number of rotatable bonds is 4. The molecular formula is C20H32N4O2. The SMILES string of the molecule is CC1CCC(C(=O)N2CCn3c(nc(CN(C)C(C)C)cc3=O)C2)CC1. The predicted molar refractivity (Wildman–Crippen MR) is 102 cm³/mol. The Kier molecular flexibility index (Phi) is 5.80. The van der Waals surface area contributed by atoms with Crippen LogP contribution in [0.3, 0.4) is 0 Å². The summed E-state index contributed by atoms with van der Waals surface area (Å²) < 4.78 is 1.73. The van der Waals surface area contributed by atoms with Gasteiger partial charge >= 0.3 is 0 Å². The fourth-order valence-electron chi connectivity index (χ4n) is 3.91. The molecule has 1 saturated carbocycles. The number of carbonyl (C=O) groups excluding carboxylic acids is 1. The van der Waals surface area contributed by atoms with Gasteiger partial charge in [0.05, 0.1) is 12.2 Å². The zero-order valence-electron chi connectivity index (χ0n) is 16.6. The van der Waals surface area contributed by atoms with Gasteiger partial charge in [-0.25, -0.2) is 4.98 Å². The first-order chi connectivity index (χ1) is 12.3. The van der Waals surface area contributed by atoms with Crippen LogP contribution in [0.15, 0.2) is 10.9 Å². The summed E-state index contributed by atoms with van der Waals surface area (Å²) in [5.41, 5.74) is 0.791. The molecule has 1 aliphatic carbocycles. The highest BCUT2D eigenvalue weighted by molar-refractivity contribution is 5.79. The van der Waals surface area contributed by atoms with E-state index < -0.39 is 0 Å². The third-order valence-corrected chi connectivity index (χ3v) is 6.04. The quantitative estimate of drug-likeness (QED) is 0.826. The van der Waals surface area contributed by atoms with Gasteiger partial charge in [-0.05, 0) is 52.5 Å². The van der Waals surface area contributed by atoms with Gasteiger partial charge in [0, 0.05) is 37.7 Å². The molecule has 1 aromatic rings. The lowest BCUT2D eigenvalue weighted by Gasteiger charge is -2.34. The number of fused-ring (bicyclic) bond motifs is 1. The van der Waals surface area contributed by atoms with Crippen molar-refractivity contribution in [3.05, 3.63) is 27.9 Å².